The van der Waals surface area contributed by atoms with Crippen LogP contribution in [0.3, 0.4) is 0 Å². The third-order valence-electron chi connectivity index (χ3n) is 2.96. The number of hydrazine groups is 1. The van der Waals surface area contributed by atoms with E-state index in [1.54, 1.807) is 13.8 Å². The smallest absolute Gasteiger partial charge is 0.332 e. The van der Waals surface area contributed by atoms with Gasteiger partial charge in [-0.15, -0.1) is 5.01 Å². The minimum absolute atomic E-state index is 0.0290. The number of likely N-dealkylation sites (N-methyl/N-ethyl adjacent to an activating group) is 1. The zero-order valence-corrected chi connectivity index (χ0v) is 13.0. The maximum Gasteiger partial charge on any atom is 0.332 e. The molecule has 0 aliphatic rings. The van der Waals surface area contributed by atoms with Gasteiger partial charge >= 0.3 is 11.9 Å². The van der Waals surface area contributed by atoms with Gasteiger partial charge in [-0.1, -0.05) is 27.2 Å². The standard InChI is InChI=1S/C12H23N3O6/c1-6-8(3)11(12(17)18)14(5)15(19)13-21-9(4)20-10(16)7-2/h8-9,11H,6-7H2,1-5H3,(H,17,18)/b15-13-/t8-,9?,11+/m1/s1. The minimum Gasteiger partial charge on any atom is -0.569 e. The highest BCUT2D eigenvalue weighted by Crippen LogP contribution is 2.14. The highest BCUT2D eigenvalue weighted by atomic mass is 16.8. The lowest BCUT2D eigenvalue weighted by Crippen LogP contribution is -2.46. The Hall–Kier alpha value is -2.06. The number of nitrogens with zero attached hydrogens (tertiary/aromatic N) is 3. The summed E-state index contributed by atoms with van der Waals surface area (Å²) in [6, 6.07) is -1.03. The van der Waals surface area contributed by atoms with Crippen molar-refractivity contribution in [1.29, 1.82) is 0 Å². The number of carbonyl (C=O) groups excluding carboxylic acids is 1. The highest BCUT2D eigenvalue weighted by molar-refractivity contribution is 5.73. The van der Waals surface area contributed by atoms with Crippen molar-refractivity contribution >= 4 is 11.9 Å². The number of esters is 1. The Morgan fingerprint density at radius 2 is 1.95 bits per heavy atom. The van der Waals surface area contributed by atoms with Crippen molar-refractivity contribution in [2.45, 2.75) is 52.9 Å². The Morgan fingerprint density at radius 1 is 1.38 bits per heavy atom. The second-order valence-electron chi connectivity index (χ2n) is 4.59. The lowest BCUT2D eigenvalue weighted by Gasteiger charge is -2.24. The maximum atomic E-state index is 11.7. The highest BCUT2D eigenvalue weighted by Gasteiger charge is 2.33. The SMILES string of the molecule is CCC(=O)OC(C)O/N=[N+](\[O-])N(C)[C@H](C(=O)O)[C@H](C)CC. The van der Waals surface area contributed by atoms with Gasteiger partial charge in [-0.3, -0.25) is 9.63 Å². The van der Waals surface area contributed by atoms with Gasteiger partial charge in [0, 0.05) is 13.3 Å². The second kappa shape index (κ2) is 8.98. The second-order valence-corrected chi connectivity index (χ2v) is 4.59. The number of hydrogen-bond donors (Lipinski definition) is 1. The number of ether oxygens (including phenoxy) is 1. The third-order valence-corrected chi connectivity index (χ3v) is 2.96. The molecule has 0 spiro atoms. The fourth-order valence-corrected chi connectivity index (χ4v) is 1.56. The van der Waals surface area contributed by atoms with Crippen LogP contribution >= 0.6 is 0 Å². The van der Waals surface area contributed by atoms with Gasteiger partial charge in [0.2, 0.25) is 5.28 Å². The summed E-state index contributed by atoms with van der Waals surface area (Å²) in [4.78, 5) is 26.9. The molecule has 0 aromatic rings. The van der Waals surface area contributed by atoms with E-state index in [1.807, 2.05) is 6.92 Å². The molecule has 0 saturated carbocycles. The fraction of sp³-hybridized carbons (Fsp3) is 0.833. The molecule has 0 aromatic carbocycles. The van der Waals surface area contributed by atoms with Crippen LogP contribution in [0.1, 0.15) is 40.5 Å². The molecule has 0 fully saturated rings. The van der Waals surface area contributed by atoms with Crippen molar-refractivity contribution in [3.8, 4) is 0 Å². The molecule has 21 heavy (non-hydrogen) atoms. The van der Waals surface area contributed by atoms with Gasteiger partial charge in [0.25, 0.3) is 6.29 Å². The molecule has 0 radical (unpaired) electrons. The summed E-state index contributed by atoms with van der Waals surface area (Å²) in [5.74, 6) is -1.88. The Morgan fingerprint density at radius 3 is 2.38 bits per heavy atom. The first kappa shape index (κ1) is 18.9. The van der Waals surface area contributed by atoms with Gasteiger partial charge in [0.05, 0.1) is 12.0 Å². The predicted molar refractivity (Wildman–Crippen MR) is 71.6 cm³/mol. The monoisotopic (exact) mass is 305 g/mol. The van der Waals surface area contributed by atoms with Crippen molar-refractivity contribution in [2.24, 2.45) is 11.2 Å². The molecule has 1 unspecified atom stereocenters. The van der Waals surface area contributed by atoms with Crippen LogP contribution in [-0.4, -0.2) is 46.4 Å². The Balaban J connectivity index is 4.73. The molecule has 0 aliphatic heterocycles. The molecule has 0 heterocycles. The fourth-order valence-electron chi connectivity index (χ4n) is 1.56. The van der Waals surface area contributed by atoms with Crippen molar-refractivity contribution in [3.63, 3.8) is 0 Å². The Bertz CT molecular complexity index is 387. The van der Waals surface area contributed by atoms with Crippen LogP contribution in [-0.2, 0) is 19.2 Å². The van der Waals surface area contributed by atoms with Crippen LogP contribution in [0.5, 0.6) is 0 Å². The largest absolute Gasteiger partial charge is 0.569 e. The molecule has 0 amide bonds. The zero-order valence-electron chi connectivity index (χ0n) is 13.0. The van der Waals surface area contributed by atoms with E-state index in [2.05, 4.69) is 5.28 Å². The van der Waals surface area contributed by atoms with Crippen LogP contribution in [0, 0.1) is 11.1 Å². The molecular weight excluding hydrogens is 282 g/mol. The van der Waals surface area contributed by atoms with Crippen LogP contribution in [0.2, 0.25) is 0 Å². The molecule has 9 nitrogen and oxygen atoms in total. The van der Waals surface area contributed by atoms with Gasteiger partial charge in [-0.25, -0.2) is 4.79 Å². The van der Waals surface area contributed by atoms with Crippen molar-refractivity contribution < 1.29 is 29.2 Å². The molecule has 0 aliphatic carbocycles. The summed E-state index contributed by atoms with van der Waals surface area (Å²) in [5, 5.41) is 25.0. The topological polar surface area (TPSA) is 114 Å². The van der Waals surface area contributed by atoms with Gasteiger partial charge in [-0.05, 0) is 5.92 Å². The molecule has 0 rings (SSSR count). The molecule has 0 bridgehead atoms. The van der Waals surface area contributed by atoms with E-state index in [-0.39, 0.29) is 17.3 Å². The maximum absolute atomic E-state index is 11.7. The molecule has 9 heteroatoms. The van der Waals surface area contributed by atoms with E-state index in [0.717, 1.165) is 5.01 Å². The average Bonchev–Trinajstić information content (AvgIpc) is 2.43. The molecule has 0 saturated heterocycles. The molecule has 1 N–H and O–H groups in total. The van der Waals surface area contributed by atoms with Crippen LogP contribution < -0.4 is 0 Å². The molecule has 0 aromatic heterocycles. The summed E-state index contributed by atoms with van der Waals surface area (Å²) in [7, 11) is 1.30. The quantitative estimate of drug-likeness (QED) is 0.226. The first-order valence-corrected chi connectivity index (χ1v) is 6.73. The third kappa shape index (κ3) is 6.28. The first-order chi connectivity index (χ1) is 9.74. The van der Waals surface area contributed by atoms with E-state index in [0.29, 0.717) is 6.42 Å². The number of carboxylic acids is 1. The Labute approximate surface area is 123 Å². The Kier molecular flexibility index (Phi) is 8.10. The van der Waals surface area contributed by atoms with Crippen LogP contribution in [0.4, 0.5) is 0 Å². The average molecular weight is 305 g/mol. The lowest BCUT2D eigenvalue weighted by molar-refractivity contribution is -0.713. The number of carbonyl (C=O) groups is 2. The van der Waals surface area contributed by atoms with Crippen molar-refractivity contribution in [3.05, 3.63) is 5.21 Å². The predicted octanol–water partition coefficient (Wildman–Crippen LogP) is 1.53. The van der Waals surface area contributed by atoms with Gasteiger partial charge in [0.1, 0.15) is 0 Å². The van der Waals surface area contributed by atoms with Gasteiger partial charge in [-0.2, -0.15) is 0 Å². The van der Waals surface area contributed by atoms with Crippen molar-refractivity contribution in [2.75, 3.05) is 7.05 Å². The van der Waals surface area contributed by atoms with Crippen LogP contribution in [0.15, 0.2) is 5.28 Å². The zero-order chi connectivity index (χ0) is 16.6. The van der Waals surface area contributed by atoms with E-state index < -0.39 is 24.3 Å². The summed E-state index contributed by atoms with van der Waals surface area (Å²) < 4.78 is 4.75. The number of hydrogen-bond acceptors (Lipinski definition) is 6. The normalized spacial score (nSPS) is 15.8. The first-order valence-electron chi connectivity index (χ1n) is 6.73. The summed E-state index contributed by atoms with van der Waals surface area (Å²) in [6.07, 6.45) is -0.279. The van der Waals surface area contributed by atoms with Gasteiger partial charge in [0.15, 0.2) is 6.04 Å². The van der Waals surface area contributed by atoms with E-state index in [4.69, 9.17) is 14.7 Å². The minimum atomic E-state index is -1.13. The van der Waals surface area contributed by atoms with E-state index >= 15 is 0 Å². The van der Waals surface area contributed by atoms with E-state index in [1.165, 1.54) is 14.0 Å². The van der Waals surface area contributed by atoms with E-state index in [9.17, 15) is 14.8 Å². The van der Waals surface area contributed by atoms with Crippen molar-refractivity contribution in [1.82, 2.24) is 5.01 Å². The van der Waals surface area contributed by atoms with Crippen LogP contribution in [0.25, 0.3) is 0 Å². The lowest BCUT2D eigenvalue weighted by atomic mass is 9.99. The molecular formula is C12H23N3O6. The molecule has 3 atom stereocenters. The summed E-state index contributed by atoms with van der Waals surface area (Å²) >= 11 is 0. The molecule has 122 valence electrons. The number of rotatable bonds is 9. The summed E-state index contributed by atoms with van der Waals surface area (Å²) in [6.45, 7) is 6.55. The summed E-state index contributed by atoms with van der Waals surface area (Å²) in [5.41, 5.74) is 0. The number of aliphatic carboxylic acids is 1. The number of carboxylic acid groups (broad SMARTS) is 1. The van der Waals surface area contributed by atoms with Gasteiger partial charge < -0.3 is 15.1 Å².